The van der Waals surface area contributed by atoms with Gasteiger partial charge in [-0.2, -0.15) is 17.5 Å². The van der Waals surface area contributed by atoms with Crippen LogP contribution in [0.15, 0.2) is 53.7 Å². The topological polar surface area (TPSA) is 121 Å². The zero-order valence-corrected chi connectivity index (χ0v) is 24.9. The van der Waals surface area contributed by atoms with Crippen molar-refractivity contribution in [2.45, 2.75) is 69.1 Å². The molecule has 44 heavy (non-hydrogen) atoms. The molecule has 2 aliphatic heterocycles. The van der Waals surface area contributed by atoms with Gasteiger partial charge in [0.05, 0.1) is 6.42 Å². The molecule has 232 valence electrons. The Kier molecular flexibility index (Phi) is 7.60. The highest BCUT2D eigenvalue weighted by molar-refractivity contribution is 7.89. The third-order valence-corrected chi connectivity index (χ3v) is 10.5. The molecule has 5 heterocycles. The zero-order valence-electron chi connectivity index (χ0n) is 24.1. The van der Waals surface area contributed by atoms with E-state index in [-0.39, 0.29) is 36.1 Å². The van der Waals surface area contributed by atoms with Gasteiger partial charge in [0, 0.05) is 44.0 Å². The number of aryl methyl sites for hydroxylation is 2. The Hall–Kier alpha value is -4.04. The number of nitrogens with zero attached hydrogens (tertiary/aromatic N) is 6. The number of pyridine rings is 2. The Bertz CT molecular complexity index is 1860. The Morgan fingerprint density at radius 2 is 1.93 bits per heavy atom. The zero-order chi connectivity index (χ0) is 31.4. The van der Waals surface area contributed by atoms with Crippen LogP contribution in [0, 0.1) is 13.8 Å². The molecule has 0 saturated carbocycles. The van der Waals surface area contributed by atoms with Gasteiger partial charge in [0.2, 0.25) is 15.8 Å². The number of hydrogen-bond acceptors (Lipinski definition) is 7. The van der Waals surface area contributed by atoms with Gasteiger partial charge in [-0.1, -0.05) is 18.2 Å². The molecule has 10 nitrogen and oxygen atoms in total. The molecule has 14 heteroatoms. The second-order valence-corrected chi connectivity index (χ2v) is 13.3. The van der Waals surface area contributed by atoms with Crippen molar-refractivity contribution in [3.05, 3.63) is 82.4 Å². The standard InChI is InChI=1S/C30H31F3N6O4S/c1-18-8-9-20(24(15-26(40)41)23-10-13-39-27(19(23)2)35-36-29(39)30(31,32)33)14-21(18)16-37-17-22-6-3-4-12-38(22)28-25(44(37,42)43)7-5-11-34-28/h5,7-11,13-14,22,24H,3-4,6,12,15-17H2,1-2H3,(H,40,41)/t22-,24+/m0/s1. The molecule has 0 spiro atoms. The number of benzene rings is 1. The van der Waals surface area contributed by atoms with Crippen molar-refractivity contribution < 1.29 is 31.5 Å². The first kappa shape index (κ1) is 30.0. The molecule has 1 fully saturated rings. The summed E-state index contributed by atoms with van der Waals surface area (Å²) in [5.74, 6) is -2.52. The maximum absolute atomic E-state index is 14.0. The molecule has 1 saturated heterocycles. The fraction of sp³-hybridized carbons (Fsp3) is 0.400. The van der Waals surface area contributed by atoms with Gasteiger partial charge in [0.25, 0.3) is 0 Å². The maximum atomic E-state index is 14.0. The van der Waals surface area contributed by atoms with Crippen LogP contribution in [0.4, 0.5) is 19.0 Å². The number of piperidine rings is 1. The lowest BCUT2D eigenvalue weighted by molar-refractivity contribution is -0.145. The minimum Gasteiger partial charge on any atom is -0.481 e. The van der Waals surface area contributed by atoms with Gasteiger partial charge in [-0.05, 0) is 79.1 Å². The van der Waals surface area contributed by atoms with Gasteiger partial charge in [0.1, 0.15) is 10.7 Å². The van der Waals surface area contributed by atoms with Crippen molar-refractivity contribution in [2.75, 3.05) is 18.0 Å². The molecule has 0 amide bonds. The summed E-state index contributed by atoms with van der Waals surface area (Å²) < 4.78 is 70.7. The number of carboxylic acid groups (broad SMARTS) is 1. The molecular formula is C30H31F3N6O4S. The average molecular weight is 629 g/mol. The molecule has 0 bridgehead atoms. The lowest BCUT2D eigenvalue weighted by Crippen LogP contribution is -2.45. The number of fused-ring (bicyclic) bond motifs is 4. The van der Waals surface area contributed by atoms with E-state index in [1.54, 1.807) is 37.4 Å². The summed E-state index contributed by atoms with van der Waals surface area (Å²) in [7, 11) is -3.91. The van der Waals surface area contributed by atoms with Crippen molar-refractivity contribution in [1.29, 1.82) is 0 Å². The normalized spacial score (nSPS) is 19.3. The number of sulfonamides is 1. The number of carbonyl (C=O) groups is 1. The third kappa shape index (κ3) is 5.30. The Balaban J connectivity index is 1.40. The first-order valence-electron chi connectivity index (χ1n) is 14.3. The molecule has 2 aliphatic rings. The average Bonchev–Trinajstić information content (AvgIpc) is 3.40. The monoisotopic (exact) mass is 628 g/mol. The highest BCUT2D eigenvalue weighted by atomic mass is 32.2. The molecule has 2 atom stereocenters. The molecule has 0 radical (unpaired) electrons. The van der Waals surface area contributed by atoms with E-state index in [1.165, 1.54) is 16.6 Å². The summed E-state index contributed by atoms with van der Waals surface area (Å²) in [5.41, 5.74) is 2.99. The van der Waals surface area contributed by atoms with E-state index in [0.717, 1.165) is 35.8 Å². The largest absolute Gasteiger partial charge is 0.481 e. The molecule has 4 aromatic rings. The molecular weight excluding hydrogens is 597 g/mol. The number of aromatic nitrogens is 4. The van der Waals surface area contributed by atoms with Gasteiger partial charge < -0.3 is 10.0 Å². The highest BCUT2D eigenvalue weighted by Gasteiger charge is 2.40. The van der Waals surface area contributed by atoms with Crippen LogP contribution in [-0.2, 0) is 27.5 Å². The lowest BCUT2D eigenvalue weighted by atomic mass is 9.85. The van der Waals surface area contributed by atoms with Crippen LogP contribution in [0.25, 0.3) is 5.65 Å². The first-order chi connectivity index (χ1) is 20.9. The van der Waals surface area contributed by atoms with Gasteiger partial charge >= 0.3 is 12.1 Å². The van der Waals surface area contributed by atoms with Crippen LogP contribution in [0.2, 0.25) is 0 Å². The van der Waals surface area contributed by atoms with Crippen LogP contribution in [0.3, 0.4) is 0 Å². The molecule has 1 N–H and O–H groups in total. The second kappa shape index (κ2) is 11.1. The quantitative estimate of drug-likeness (QED) is 0.319. The number of alkyl halides is 3. The van der Waals surface area contributed by atoms with Crippen molar-refractivity contribution in [1.82, 2.24) is 23.9 Å². The van der Waals surface area contributed by atoms with Crippen LogP contribution in [0.1, 0.15) is 65.2 Å². The lowest BCUT2D eigenvalue weighted by Gasteiger charge is -2.36. The number of hydrogen-bond donors (Lipinski definition) is 1. The van der Waals surface area contributed by atoms with E-state index in [4.69, 9.17) is 0 Å². The van der Waals surface area contributed by atoms with Crippen LogP contribution in [0.5, 0.6) is 0 Å². The van der Waals surface area contributed by atoms with Gasteiger partial charge in [0.15, 0.2) is 5.65 Å². The van der Waals surface area contributed by atoms with Crippen molar-refractivity contribution in [2.24, 2.45) is 0 Å². The summed E-state index contributed by atoms with van der Waals surface area (Å²) in [6.45, 7) is 4.53. The summed E-state index contributed by atoms with van der Waals surface area (Å²) in [6, 6.07) is 10.0. The van der Waals surface area contributed by atoms with E-state index in [1.807, 2.05) is 13.0 Å². The van der Waals surface area contributed by atoms with Gasteiger partial charge in [-0.15, -0.1) is 10.2 Å². The third-order valence-electron chi connectivity index (χ3n) is 8.68. The van der Waals surface area contributed by atoms with E-state index in [9.17, 15) is 31.5 Å². The summed E-state index contributed by atoms with van der Waals surface area (Å²) in [5, 5.41) is 16.9. The molecule has 6 rings (SSSR count). The Morgan fingerprint density at radius 3 is 2.68 bits per heavy atom. The fourth-order valence-electron chi connectivity index (χ4n) is 6.41. The minimum atomic E-state index is -4.71. The molecule has 1 aromatic carbocycles. The van der Waals surface area contributed by atoms with Gasteiger partial charge in [-0.3, -0.25) is 9.20 Å². The second-order valence-electron chi connectivity index (χ2n) is 11.4. The number of anilines is 1. The van der Waals surface area contributed by atoms with Crippen molar-refractivity contribution in [3.63, 3.8) is 0 Å². The number of carboxylic acids is 1. The van der Waals surface area contributed by atoms with Crippen LogP contribution < -0.4 is 4.90 Å². The smallest absolute Gasteiger partial charge is 0.452 e. The Morgan fingerprint density at radius 1 is 1.14 bits per heavy atom. The predicted molar refractivity (Wildman–Crippen MR) is 155 cm³/mol. The van der Waals surface area contributed by atoms with Crippen molar-refractivity contribution >= 4 is 27.5 Å². The fourth-order valence-corrected chi connectivity index (χ4v) is 8.02. The Labute approximate surface area is 252 Å². The summed E-state index contributed by atoms with van der Waals surface area (Å²) in [4.78, 5) is 18.7. The number of halogens is 3. The summed E-state index contributed by atoms with van der Waals surface area (Å²) >= 11 is 0. The molecule has 0 unspecified atom stereocenters. The van der Waals surface area contributed by atoms with Crippen LogP contribution >= 0.6 is 0 Å². The van der Waals surface area contributed by atoms with E-state index in [2.05, 4.69) is 20.1 Å². The van der Waals surface area contributed by atoms with E-state index >= 15 is 0 Å². The molecule has 3 aromatic heterocycles. The SMILES string of the molecule is Cc1ccc([C@@H](CC(=O)O)c2ccn3c(C(F)(F)F)nnc3c2C)cc1CN1C[C@@H]2CCCCN2c2ncccc2S1(=O)=O. The predicted octanol–water partition coefficient (Wildman–Crippen LogP) is 4.93. The maximum Gasteiger partial charge on any atom is 0.452 e. The highest BCUT2D eigenvalue weighted by Crippen LogP contribution is 2.38. The summed E-state index contributed by atoms with van der Waals surface area (Å²) in [6.07, 6.45) is 0.544. The van der Waals surface area contributed by atoms with E-state index < -0.39 is 33.9 Å². The van der Waals surface area contributed by atoms with E-state index in [0.29, 0.717) is 28.1 Å². The van der Waals surface area contributed by atoms with Crippen LogP contribution in [-0.4, -0.2) is 62.5 Å². The van der Waals surface area contributed by atoms with Gasteiger partial charge in [-0.25, -0.2) is 13.4 Å². The van der Waals surface area contributed by atoms with Crippen molar-refractivity contribution in [3.8, 4) is 0 Å². The number of aliphatic carboxylic acids is 1. The minimum absolute atomic E-state index is 0.0162. The molecule has 0 aliphatic carbocycles. The first-order valence-corrected chi connectivity index (χ1v) is 15.7. The number of rotatable bonds is 6.